The van der Waals surface area contributed by atoms with Gasteiger partial charge >= 0.3 is 0 Å². The zero-order chi connectivity index (χ0) is 16.9. The maximum absolute atomic E-state index is 12.5. The van der Waals surface area contributed by atoms with E-state index >= 15 is 0 Å². The molecule has 0 radical (unpaired) electrons. The maximum Gasteiger partial charge on any atom is 0.241 e. The second kappa shape index (κ2) is 9.19. The highest BCUT2D eigenvalue weighted by atomic mass is 79.9. The van der Waals surface area contributed by atoms with E-state index in [4.69, 9.17) is 4.74 Å². The smallest absolute Gasteiger partial charge is 0.241 e. The van der Waals surface area contributed by atoms with Gasteiger partial charge in [-0.1, -0.05) is 0 Å². The highest BCUT2D eigenvalue weighted by Crippen LogP contribution is 2.26. The number of ether oxygens (including phenoxy) is 1. The second-order valence-electron chi connectivity index (χ2n) is 5.35. The van der Waals surface area contributed by atoms with Crippen molar-refractivity contribution in [1.29, 1.82) is 0 Å². The first-order valence-corrected chi connectivity index (χ1v) is 9.18. The topological polar surface area (TPSA) is 75.1 Å². The number of hydrogen-bond acceptors (Lipinski definition) is 3. The molecular formula is C16H24BrN3O3S. The first-order valence-electron chi connectivity index (χ1n) is 7.70. The molecule has 0 amide bonds. The van der Waals surface area contributed by atoms with E-state index in [0.717, 1.165) is 29.8 Å². The van der Waals surface area contributed by atoms with Gasteiger partial charge in [-0.05, 0) is 50.5 Å². The number of nitrogens with zero attached hydrogens (tertiary/aromatic N) is 1. The monoisotopic (exact) mass is 417 g/mol. The number of nitrogens with one attached hydrogen (secondary N) is 2. The summed E-state index contributed by atoms with van der Waals surface area (Å²) in [6.07, 6.45) is 6.30. The zero-order valence-electron chi connectivity index (χ0n) is 14.2. The van der Waals surface area contributed by atoms with Crippen LogP contribution in [0.15, 0.2) is 35.7 Å². The molecule has 2 rings (SSSR count). The fourth-order valence-corrected chi connectivity index (χ4v) is 3.75. The van der Waals surface area contributed by atoms with Crippen LogP contribution in [0.4, 0.5) is 0 Å². The van der Waals surface area contributed by atoms with Crippen LogP contribution in [0.3, 0.4) is 0 Å². The van der Waals surface area contributed by atoms with Gasteiger partial charge < -0.3 is 21.7 Å². The number of imidazole rings is 1. The summed E-state index contributed by atoms with van der Waals surface area (Å²) < 4.78 is 35.1. The van der Waals surface area contributed by atoms with Crippen molar-refractivity contribution in [2.75, 3.05) is 13.2 Å². The molecule has 134 valence electrons. The molecule has 0 spiro atoms. The lowest BCUT2D eigenvalue weighted by Gasteiger charge is -2.14. The molecule has 0 unspecified atom stereocenters. The maximum atomic E-state index is 12.5. The number of aryl methyl sites for hydroxylation is 1. The summed E-state index contributed by atoms with van der Waals surface area (Å²) in [5, 5.41) is 0. The van der Waals surface area contributed by atoms with Crippen LogP contribution in [0.25, 0.3) is 0 Å². The van der Waals surface area contributed by atoms with E-state index in [1.165, 1.54) is 0 Å². The fourth-order valence-electron chi connectivity index (χ4n) is 2.38. The fraction of sp³-hybridized carbons (Fsp3) is 0.438. The Bertz CT molecular complexity index is 746. The predicted molar refractivity (Wildman–Crippen MR) is 87.9 cm³/mol. The normalized spacial score (nSPS) is 11.1. The minimum absolute atomic E-state index is 0. The van der Waals surface area contributed by atoms with E-state index in [1.54, 1.807) is 12.1 Å². The van der Waals surface area contributed by atoms with Gasteiger partial charge in [0.25, 0.3) is 0 Å². The Kier molecular flexibility index (Phi) is 7.92. The lowest BCUT2D eigenvalue weighted by Crippen LogP contribution is -3.00. The van der Waals surface area contributed by atoms with E-state index in [9.17, 15) is 8.42 Å². The van der Waals surface area contributed by atoms with E-state index in [2.05, 4.69) is 9.71 Å². The SMILES string of the molecule is CCOc1ccc(S(=O)(=O)NCCC[n+]2cc[nH]c2)c(C)c1C.[Br-]. The van der Waals surface area contributed by atoms with Crippen LogP contribution >= 0.6 is 0 Å². The number of halogens is 1. The zero-order valence-corrected chi connectivity index (χ0v) is 16.6. The van der Waals surface area contributed by atoms with Gasteiger partial charge in [-0.25, -0.2) is 17.7 Å². The van der Waals surface area contributed by atoms with Crippen LogP contribution in [0, 0.1) is 13.8 Å². The molecule has 0 bridgehead atoms. The van der Waals surface area contributed by atoms with Gasteiger partial charge in [0.15, 0.2) is 0 Å². The summed E-state index contributed by atoms with van der Waals surface area (Å²) in [6, 6.07) is 3.33. The van der Waals surface area contributed by atoms with E-state index in [-0.39, 0.29) is 17.0 Å². The Labute approximate surface area is 154 Å². The molecule has 0 fully saturated rings. The first kappa shape index (κ1) is 20.7. The molecule has 1 aromatic carbocycles. The number of aromatic nitrogens is 2. The Morgan fingerprint density at radius 2 is 2.00 bits per heavy atom. The number of sulfonamides is 1. The van der Waals surface area contributed by atoms with Crippen LogP contribution in [0.5, 0.6) is 5.75 Å². The van der Waals surface area contributed by atoms with Crippen LogP contribution < -0.4 is 31.0 Å². The first-order chi connectivity index (χ1) is 11.0. The van der Waals surface area contributed by atoms with Crippen LogP contribution in [0.2, 0.25) is 0 Å². The second-order valence-corrected chi connectivity index (χ2v) is 7.08. The summed E-state index contributed by atoms with van der Waals surface area (Å²) >= 11 is 0. The van der Waals surface area contributed by atoms with E-state index in [0.29, 0.717) is 18.0 Å². The predicted octanol–water partition coefficient (Wildman–Crippen LogP) is -1.31. The Morgan fingerprint density at radius 3 is 2.62 bits per heavy atom. The summed E-state index contributed by atoms with van der Waals surface area (Å²) in [5.41, 5.74) is 1.58. The molecule has 24 heavy (non-hydrogen) atoms. The third kappa shape index (κ3) is 5.06. The van der Waals surface area contributed by atoms with Crippen LogP contribution in [-0.2, 0) is 16.6 Å². The van der Waals surface area contributed by atoms with Crippen molar-refractivity contribution >= 4 is 10.0 Å². The van der Waals surface area contributed by atoms with Crippen molar-refractivity contribution in [2.24, 2.45) is 0 Å². The summed E-state index contributed by atoms with van der Waals surface area (Å²) in [7, 11) is -3.51. The standard InChI is InChI=1S/C16H23N3O3S.BrH/c1-4-22-15-6-7-16(14(3)13(15)2)23(20,21)18-8-5-10-19-11-9-17-12-19;/h6-7,9,11-12,18H,4-5,8,10H2,1-3H3;1H. The van der Waals surface area contributed by atoms with Crippen molar-refractivity contribution in [2.45, 2.75) is 38.6 Å². The number of benzene rings is 1. The van der Waals surface area contributed by atoms with Crippen LogP contribution in [-0.4, -0.2) is 26.6 Å². The average molecular weight is 418 g/mol. The van der Waals surface area contributed by atoms with E-state index in [1.807, 2.05) is 44.1 Å². The van der Waals surface area contributed by atoms with Crippen molar-refractivity contribution in [1.82, 2.24) is 9.71 Å². The quantitative estimate of drug-likeness (QED) is 0.413. The number of aromatic amines is 1. The Morgan fingerprint density at radius 1 is 1.25 bits per heavy atom. The highest BCUT2D eigenvalue weighted by molar-refractivity contribution is 7.89. The number of H-pyrrole nitrogens is 1. The van der Waals surface area contributed by atoms with Crippen molar-refractivity contribution in [3.05, 3.63) is 42.0 Å². The molecule has 0 atom stereocenters. The van der Waals surface area contributed by atoms with Gasteiger partial charge in [0.1, 0.15) is 18.1 Å². The van der Waals surface area contributed by atoms with Crippen molar-refractivity contribution < 1.29 is 34.7 Å². The summed E-state index contributed by atoms with van der Waals surface area (Å²) in [4.78, 5) is 3.27. The minimum Gasteiger partial charge on any atom is -1.00 e. The lowest BCUT2D eigenvalue weighted by atomic mass is 10.1. The van der Waals surface area contributed by atoms with E-state index < -0.39 is 10.0 Å². The van der Waals surface area contributed by atoms with Gasteiger partial charge in [0, 0.05) is 6.54 Å². The highest BCUT2D eigenvalue weighted by Gasteiger charge is 2.19. The molecular weight excluding hydrogens is 394 g/mol. The van der Waals surface area contributed by atoms with Crippen molar-refractivity contribution in [3.63, 3.8) is 0 Å². The summed E-state index contributed by atoms with van der Waals surface area (Å²) in [5.74, 6) is 0.729. The number of rotatable bonds is 8. The molecule has 0 aliphatic carbocycles. The molecule has 0 aliphatic rings. The third-order valence-electron chi connectivity index (χ3n) is 3.76. The number of hydrogen-bond donors (Lipinski definition) is 2. The summed E-state index contributed by atoms with van der Waals surface area (Å²) in [6.45, 7) is 7.30. The molecule has 2 N–H and O–H groups in total. The minimum atomic E-state index is -3.51. The molecule has 0 saturated carbocycles. The molecule has 2 aromatic rings. The van der Waals surface area contributed by atoms with Gasteiger partial charge in [-0.2, -0.15) is 0 Å². The molecule has 0 saturated heterocycles. The Hall–Kier alpha value is -1.38. The lowest BCUT2D eigenvalue weighted by molar-refractivity contribution is -0.695. The van der Waals surface area contributed by atoms with Gasteiger partial charge in [0.05, 0.1) is 18.0 Å². The molecule has 6 nitrogen and oxygen atoms in total. The van der Waals surface area contributed by atoms with Gasteiger partial charge in [-0.15, -0.1) is 0 Å². The molecule has 8 heteroatoms. The molecule has 1 heterocycles. The third-order valence-corrected chi connectivity index (χ3v) is 5.37. The average Bonchev–Trinajstić information content (AvgIpc) is 3.02. The largest absolute Gasteiger partial charge is 1.00 e. The van der Waals surface area contributed by atoms with Gasteiger partial charge in [0.2, 0.25) is 16.4 Å². The Balaban J connectivity index is 0.00000288. The molecule has 0 aliphatic heterocycles. The van der Waals surface area contributed by atoms with Gasteiger partial charge in [-0.3, -0.25) is 4.98 Å². The van der Waals surface area contributed by atoms with Crippen LogP contribution in [0.1, 0.15) is 24.5 Å². The molecule has 1 aromatic heterocycles. The van der Waals surface area contributed by atoms with Crippen molar-refractivity contribution in [3.8, 4) is 5.75 Å².